The lowest BCUT2D eigenvalue weighted by Crippen LogP contribution is -2.08. The van der Waals surface area contributed by atoms with Crippen LogP contribution >= 0.6 is 0 Å². The molecule has 0 aliphatic carbocycles. The molecule has 0 unspecified atom stereocenters. The number of oxazole rings is 1. The molecule has 0 aliphatic rings. The van der Waals surface area contributed by atoms with Gasteiger partial charge < -0.3 is 15.1 Å². The van der Waals surface area contributed by atoms with E-state index in [4.69, 9.17) is 4.42 Å². The van der Waals surface area contributed by atoms with Crippen LogP contribution in [0.25, 0.3) is 0 Å². The fourth-order valence-corrected chi connectivity index (χ4v) is 1.74. The predicted octanol–water partition coefficient (Wildman–Crippen LogP) is 2.77. The van der Waals surface area contributed by atoms with Gasteiger partial charge in [-0.25, -0.2) is 15.0 Å². The van der Waals surface area contributed by atoms with E-state index in [0.29, 0.717) is 12.4 Å². The normalized spacial score (nSPS) is 10.6. The maximum absolute atomic E-state index is 5.42. The number of rotatable bonds is 7. The zero-order valence-electron chi connectivity index (χ0n) is 12.2. The predicted molar refractivity (Wildman–Crippen MR) is 78.8 cm³/mol. The minimum Gasteiger partial charge on any atom is -0.444 e. The van der Waals surface area contributed by atoms with Gasteiger partial charge in [0.25, 0.3) is 0 Å². The molecular weight excluding hydrogens is 254 g/mol. The smallest absolute Gasteiger partial charge is 0.213 e. The molecule has 2 rings (SSSR count). The summed E-state index contributed by atoms with van der Waals surface area (Å²) in [5, 5.41) is 6.50. The van der Waals surface area contributed by atoms with Gasteiger partial charge in [0.15, 0.2) is 0 Å². The molecule has 2 aromatic rings. The molecular formula is C14H21N5O. The molecule has 0 radical (unpaired) electrons. The number of anilines is 2. The average molecular weight is 275 g/mol. The number of aryl methyl sites for hydroxylation is 2. The maximum atomic E-state index is 5.42. The summed E-state index contributed by atoms with van der Waals surface area (Å²) in [5.41, 5.74) is 0. The number of aromatic nitrogens is 3. The highest BCUT2D eigenvalue weighted by atomic mass is 16.4. The Hall–Kier alpha value is -2.11. The minimum atomic E-state index is 0.515. The third-order valence-electron chi connectivity index (χ3n) is 2.73. The van der Waals surface area contributed by atoms with Crippen LogP contribution in [-0.4, -0.2) is 21.5 Å². The summed E-state index contributed by atoms with van der Waals surface area (Å²) >= 11 is 0. The van der Waals surface area contributed by atoms with Crippen molar-refractivity contribution in [3.63, 3.8) is 0 Å². The van der Waals surface area contributed by atoms with Crippen molar-refractivity contribution in [2.75, 3.05) is 17.2 Å². The second-order valence-electron chi connectivity index (χ2n) is 4.55. The summed E-state index contributed by atoms with van der Waals surface area (Å²) in [5.74, 6) is 3.92. The molecule has 0 saturated carbocycles. The van der Waals surface area contributed by atoms with Gasteiger partial charge in [-0.05, 0) is 13.3 Å². The molecule has 0 amide bonds. The van der Waals surface area contributed by atoms with E-state index in [2.05, 4.69) is 32.5 Å². The molecule has 0 spiro atoms. The molecule has 6 heteroatoms. The van der Waals surface area contributed by atoms with E-state index >= 15 is 0 Å². The summed E-state index contributed by atoms with van der Waals surface area (Å²) in [6.07, 6.45) is 3.57. The Kier molecular flexibility index (Phi) is 4.92. The standard InChI is InChI=1S/C14H21N5O/c1-4-6-15-12-7-13(19-11(5-2)18-12)16-9-14-17-8-10(3)20-14/h7-8H,4-6,9H2,1-3H3,(H2,15,16,18,19). The Labute approximate surface area is 119 Å². The van der Waals surface area contributed by atoms with E-state index < -0.39 is 0 Å². The summed E-state index contributed by atoms with van der Waals surface area (Å²) in [6.45, 7) is 7.46. The number of hydrogen-bond donors (Lipinski definition) is 2. The minimum absolute atomic E-state index is 0.515. The van der Waals surface area contributed by atoms with Crippen LogP contribution in [0.1, 0.15) is 37.7 Å². The van der Waals surface area contributed by atoms with E-state index in [9.17, 15) is 0 Å². The lowest BCUT2D eigenvalue weighted by atomic mass is 10.4. The van der Waals surface area contributed by atoms with Crippen molar-refractivity contribution in [1.82, 2.24) is 15.0 Å². The van der Waals surface area contributed by atoms with E-state index in [1.807, 2.05) is 19.9 Å². The first-order valence-electron chi connectivity index (χ1n) is 6.98. The van der Waals surface area contributed by atoms with Crippen molar-refractivity contribution in [1.29, 1.82) is 0 Å². The van der Waals surface area contributed by atoms with Crippen LogP contribution < -0.4 is 10.6 Å². The Morgan fingerprint density at radius 2 is 1.90 bits per heavy atom. The van der Waals surface area contributed by atoms with Crippen LogP contribution in [0.5, 0.6) is 0 Å². The molecule has 0 bridgehead atoms. The van der Waals surface area contributed by atoms with E-state index in [0.717, 1.165) is 42.6 Å². The monoisotopic (exact) mass is 275 g/mol. The summed E-state index contributed by atoms with van der Waals surface area (Å²) in [6, 6.07) is 1.91. The Morgan fingerprint density at radius 3 is 2.50 bits per heavy atom. The summed E-state index contributed by atoms with van der Waals surface area (Å²) in [4.78, 5) is 13.1. The SMILES string of the molecule is CCCNc1cc(NCc2ncc(C)o2)nc(CC)n1. The largest absolute Gasteiger partial charge is 0.444 e. The first-order valence-corrected chi connectivity index (χ1v) is 6.98. The quantitative estimate of drug-likeness (QED) is 0.809. The molecule has 0 saturated heterocycles. The molecule has 0 atom stereocenters. The van der Waals surface area contributed by atoms with Gasteiger partial charge in [-0.3, -0.25) is 0 Å². The highest BCUT2D eigenvalue weighted by Crippen LogP contribution is 2.13. The lowest BCUT2D eigenvalue weighted by Gasteiger charge is -2.09. The molecule has 2 N–H and O–H groups in total. The van der Waals surface area contributed by atoms with Crippen molar-refractivity contribution in [2.24, 2.45) is 0 Å². The van der Waals surface area contributed by atoms with E-state index in [1.54, 1.807) is 6.20 Å². The van der Waals surface area contributed by atoms with Gasteiger partial charge in [0.2, 0.25) is 5.89 Å². The van der Waals surface area contributed by atoms with Crippen LogP contribution in [0.3, 0.4) is 0 Å². The van der Waals surface area contributed by atoms with Crippen molar-refractivity contribution in [2.45, 2.75) is 40.2 Å². The average Bonchev–Trinajstić information content (AvgIpc) is 2.88. The van der Waals surface area contributed by atoms with Gasteiger partial charge in [-0.15, -0.1) is 0 Å². The second kappa shape index (κ2) is 6.88. The third kappa shape index (κ3) is 3.94. The summed E-state index contributed by atoms with van der Waals surface area (Å²) < 4.78 is 5.42. The van der Waals surface area contributed by atoms with E-state index in [-0.39, 0.29) is 0 Å². The van der Waals surface area contributed by atoms with Gasteiger partial charge in [0.05, 0.1) is 12.7 Å². The third-order valence-corrected chi connectivity index (χ3v) is 2.73. The van der Waals surface area contributed by atoms with Crippen LogP contribution in [0.2, 0.25) is 0 Å². The molecule has 0 fully saturated rings. The fraction of sp³-hybridized carbons (Fsp3) is 0.500. The number of nitrogens with one attached hydrogen (secondary N) is 2. The Bertz CT molecular complexity index is 552. The first-order chi connectivity index (χ1) is 9.71. The topological polar surface area (TPSA) is 75.9 Å². The number of nitrogens with zero attached hydrogens (tertiary/aromatic N) is 3. The van der Waals surface area contributed by atoms with Gasteiger partial charge in [-0.2, -0.15) is 0 Å². The molecule has 2 heterocycles. The molecule has 0 aliphatic heterocycles. The zero-order chi connectivity index (χ0) is 14.4. The highest BCUT2D eigenvalue weighted by Gasteiger charge is 2.05. The first kappa shape index (κ1) is 14.3. The van der Waals surface area contributed by atoms with Crippen LogP contribution in [0.4, 0.5) is 11.6 Å². The zero-order valence-corrected chi connectivity index (χ0v) is 12.2. The van der Waals surface area contributed by atoms with Gasteiger partial charge in [0, 0.05) is 19.0 Å². The molecule has 108 valence electrons. The molecule has 2 aromatic heterocycles. The number of hydrogen-bond acceptors (Lipinski definition) is 6. The second-order valence-corrected chi connectivity index (χ2v) is 4.55. The van der Waals surface area contributed by atoms with Crippen LogP contribution in [0.15, 0.2) is 16.7 Å². The molecule has 6 nitrogen and oxygen atoms in total. The van der Waals surface area contributed by atoms with Gasteiger partial charge in [-0.1, -0.05) is 13.8 Å². The van der Waals surface area contributed by atoms with Crippen molar-refractivity contribution in [3.8, 4) is 0 Å². The lowest BCUT2D eigenvalue weighted by molar-refractivity contribution is 0.478. The van der Waals surface area contributed by atoms with Crippen molar-refractivity contribution >= 4 is 11.6 Å². The summed E-state index contributed by atoms with van der Waals surface area (Å²) in [7, 11) is 0. The van der Waals surface area contributed by atoms with Gasteiger partial charge >= 0.3 is 0 Å². The Balaban J connectivity index is 2.05. The van der Waals surface area contributed by atoms with Gasteiger partial charge in [0.1, 0.15) is 23.2 Å². The van der Waals surface area contributed by atoms with Crippen molar-refractivity contribution in [3.05, 3.63) is 29.7 Å². The molecule has 0 aromatic carbocycles. The maximum Gasteiger partial charge on any atom is 0.213 e. The highest BCUT2D eigenvalue weighted by molar-refractivity contribution is 5.47. The fourth-order valence-electron chi connectivity index (χ4n) is 1.74. The van der Waals surface area contributed by atoms with Crippen LogP contribution in [0, 0.1) is 6.92 Å². The Morgan fingerprint density at radius 1 is 1.15 bits per heavy atom. The van der Waals surface area contributed by atoms with Crippen LogP contribution in [-0.2, 0) is 13.0 Å². The molecule has 20 heavy (non-hydrogen) atoms. The van der Waals surface area contributed by atoms with E-state index in [1.165, 1.54) is 0 Å². The van der Waals surface area contributed by atoms with Crippen molar-refractivity contribution < 1.29 is 4.42 Å².